The molecule has 0 radical (unpaired) electrons. The molecule has 1 aliphatic rings. The van der Waals surface area contributed by atoms with Gasteiger partial charge in [0.15, 0.2) is 0 Å². The van der Waals surface area contributed by atoms with Gasteiger partial charge in [-0.05, 0) is 19.8 Å². The summed E-state index contributed by atoms with van der Waals surface area (Å²) in [5, 5.41) is 0. The standard InChI is InChI=1S/C12H26N4O2/c1-3-11-10-16(7-9-18-11)12(15-13)14-6-5-8-17-4-2/h11H,3-10,13H2,1-2H3,(H,14,15). The highest BCUT2D eigenvalue weighted by molar-refractivity contribution is 5.79. The number of ether oxygens (including phenoxy) is 2. The van der Waals surface area contributed by atoms with Crippen LogP contribution in [0.25, 0.3) is 0 Å². The predicted octanol–water partition coefficient (Wildman–Crippen LogP) is 0.343. The third kappa shape index (κ3) is 5.20. The lowest BCUT2D eigenvalue weighted by molar-refractivity contribution is -0.00812. The summed E-state index contributed by atoms with van der Waals surface area (Å²) < 4.78 is 10.9. The number of nitrogens with zero attached hydrogens (tertiary/aromatic N) is 2. The lowest BCUT2D eigenvalue weighted by atomic mass is 10.2. The van der Waals surface area contributed by atoms with Crippen molar-refractivity contribution in [2.75, 3.05) is 39.5 Å². The van der Waals surface area contributed by atoms with E-state index >= 15 is 0 Å². The fourth-order valence-electron chi connectivity index (χ4n) is 1.89. The van der Waals surface area contributed by atoms with Gasteiger partial charge in [-0.15, -0.1) is 0 Å². The van der Waals surface area contributed by atoms with Crippen molar-refractivity contribution in [2.45, 2.75) is 32.8 Å². The number of hydrazine groups is 1. The molecule has 1 atom stereocenters. The molecule has 0 amide bonds. The monoisotopic (exact) mass is 258 g/mol. The molecular formula is C12H26N4O2. The van der Waals surface area contributed by atoms with E-state index in [4.69, 9.17) is 15.3 Å². The summed E-state index contributed by atoms with van der Waals surface area (Å²) in [5.41, 5.74) is 2.69. The van der Waals surface area contributed by atoms with Gasteiger partial charge in [0, 0.05) is 32.8 Å². The van der Waals surface area contributed by atoms with Crippen LogP contribution in [0.5, 0.6) is 0 Å². The third-order valence-corrected chi connectivity index (χ3v) is 2.94. The molecule has 6 heteroatoms. The van der Waals surface area contributed by atoms with Gasteiger partial charge in [-0.25, -0.2) is 5.84 Å². The van der Waals surface area contributed by atoms with Gasteiger partial charge in [0.1, 0.15) is 0 Å². The fourth-order valence-corrected chi connectivity index (χ4v) is 1.89. The highest BCUT2D eigenvalue weighted by Gasteiger charge is 2.21. The van der Waals surface area contributed by atoms with Crippen molar-refractivity contribution in [2.24, 2.45) is 10.8 Å². The minimum Gasteiger partial charge on any atom is -0.382 e. The lowest BCUT2D eigenvalue weighted by Gasteiger charge is -2.34. The van der Waals surface area contributed by atoms with Crippen LogP contribution in [0, 0.1) is 0 Å². The van der Waals surface area contributed by atoms with Gasteiger partial charge in [0.25, 0.3) is 0 Å². The zero-order valence-electron chi connectivity index (χ0n) is 11.5. The summed E-state index contributed by atoms with van der Waals surface area (Å²) in [6, 6.07) is 0. The third-order valence-electron chi connectivity index (χ3n) is 2.94. The molecule has 1 fully saturated rings. The maximum absolute atomic E-state index is 5.62. The molecule has 0 aromatic heterocycles. The first kappa shape index (κ1) is 15.2. The Morgan fingerprint density at radius 1 is 1.56 bits per heavy atom. The van der Waals surface area contributed by atoms with Crippen molar-refractivity contribution in [1.29, 1.82) is 0 Å². The Morgan fingerprint density at radius 3 is 3.06 bits per heavy atom. The molecule has 0 spiro atoms. The molecule has 1 heterocycles. The number of nitrogens with two attached hydrogens (primary N) is 1. The topological polar surface area (TPSA) is 72.1 Å². The van der Waals surface area contributed by atoms with E-state index < -0.39 is 0 Å². The number of hydrogen-bond acceptors (Lipinski definition) is 4. The van der Waals surface area contributed by atoms with Crippen LogP contribution >= 0.6 is 0 Å². The van der Waals surface area contributed by atoms with Crippen LogP contribution in [0.15, 0.2) is 4.99 Å². The van der Waals surface area contributed by atoms with E-state index in [-0.39, 0.29) is 6.10 Å². The largest absolute Gasteiger partial charge is 0.382 e. The van der Waals surface area contributed by atoms with Crippen LogP contribution in [0.1, 0.15) is 26.7 Å². The van der Waals surface area contributed by atoms with Gasteiger partial charge in [-0.2, -0.15) is 0 Å². The Balaban J connectivity index is 2.36. The summed E-state index contributed by atoms with van der Waals surface area (Å²) in [4.78, 5) is 6.63. The van der Waals surface area contributed by atoms with Gasteiger partial charge in [-0.1, -0.05) is 6.92 Å². The van der Waals surface area contributed by atoms with E-state index in [2.05, 4.69) is 22.2 Å². The number of guanidine groups is 1. The van der Waals surface area contributed by atoms with E-state index in [1.807, 2.05) is 6.92 Å². The number of morpholine rings is 1. The predicted molar refractivity (Wildman–Crippen MR) is 72.3 cm³/mol. The quantitative estimate of drug-likeness (QED) is 0.236. The van der Waals surface area contributed by atoms with Gasteiger partial charge < -0.3 is 14.4 Å². The fraction of sp³-hybridized carbons (Fsp3) is 0.917. The highest BCUT2D eigenvalue weighted by Crippen LogP contribution is 2.08. The van der Waals surface area contributed by atoms with Crippen LogP contribution in [-0.4, -0.2) is 56.4 Å². The summed E-state index contributed by atoms with van der Waals surface area (Å²) >= 11 is 0. The molecular weight excluding hydrogens is 232 g/mol. The van der Waals surface area contributed by atoms with Crippen LogP contribution in [0.2, 0.25) is 0 Å². The molecule has 106 valence electrons. The smallest absolute Gasteiger partial charge is 0.208 e. The average molecular weight is 258 g/mol. The summed E-state index contributed by atoms with van der Waals surface area (Å²) in [6.07, 6.45) is 2.21. The van der Waals surface area contributed by atoms with Gasteiger partial charge >= 0.3 is 0 Å². The molecule has 6 nitrogen and oxygen atoms in total. The zero-order chi connectivity index (χ0) is 13.2. The van der Waals surface area contributed by atoms with E-state index in [1.165, 1.54) is 0 Å². The maximum Gasteiger partial charge on any atom is 0.208 e. The first-order valence-electron chi connectivity index (χ1n) is 6.77. The second kappa shape index (κ2) is 9.13. The SMILES string of the molecule is CCOCCCN=C(NN)N1CCOC(CC)C1. The number of aliphatic imine (C=N–C) groups is 1. The second-order valence-corrected chi connectivity index (χ2v) is 4.25. The molecule has 18 heavy (non-hydrogen) atoms. The molecule has 1 saturated heterocycles. The van der Waals surface area contributed by atoms with E-state index in [9.17, 15) is 0 Å². The van der Waals surface area contributed by atoms with Crippen LogP contribution in [0.4, 0.5) is 0 Å². The first-order chi connectivity index (χ1) is 8.81. The maximum atomic E-state index is 5.62. The number of nitrogens with one attached hydrogen (secondary N) is 1. The van der Waals surface area contributed by atoms with E-state index in [0.29, 0.717) is 0 Å². The summed E-state index contributed by atoms with van der Waals surface area (Å²) in [6.45, 7) is 8.78. The Labute approximate surface area is 109 Å². The van der Waals surface area contributed by atoms with Crippen molar-refractivity contribution in [1.82, 2.24) is 10.3 Å². The molecule has 0 aliphatic carbocycles. The van der Waals surface area contributed by atoms with Crippen LogP contribution in [-0.2, 0) is 9.47 Å². The minimum atomic E-state index is 0.278. The molecule has 0 bridgehead atoms. The molecule has 1 aliphatic heterocycles. The minimum absolute atomic E-state index is 0.278. The molecule has 0 aromatic carbocycles. The lowest BCUT2D eigenvalue weighted by Crippen LogP contribution is -2.52. The first-order valence-corrected chi connectivity index (χ1v) is 6.77. The van der Waals surface area contributed by atoms with Gasteiger partial charge in [0.2, 0.25) is 5.96 Å². The Morgan fingerprint density at radius 2 is 2.39 bits per heavy atom. The molecule has 3 N–H and O–H groups in total. The van der Waals surface area contributed by atoms with Crippen LogP contribution < -0.4 is 11.3 Å². The number of hydrogen-bond donors (Lipinski definition) is 2. The summed E-state index contributed by atoms with van der Waals surface area (Å²) in [7, 11) is 0. The molecule has 0 saturated carbocycles. The van der Waals surface area contributed by atoms with Crippen molar-refractivity contribution in [3.63, 3.8) is 0 Å². The van der Waals surface area contributed by atoms with E-state index in [0.717, 1.165) is 58.3 Å². The van der Waals surface area contributed by atoms with Crippen molar-refractivity contribution in [3.8, 4) is 0 Å². The van der Waals surface area contributed by atoms with Crippen molar-refractivity contribution in [3.05, 3.63) is 0 Å². The van der Waals surface area contributed by atoms with Gasteiger partial charge in [0.05, 0.1) is 12.7 Å². The van der Waals surface area contributed by atoms with Gasteiger partial charge in [-0.3, -0.25) is 10.4 Å². The highest BCUT2D eigenvalue weighted by atomic mass is 16.5. The normalized spacial score (nSPS) is 21.2. The van der Waals surface area contributed by atoms with E-state index in [1.54, 1.807) is 0 Å². The van der Waals surface area contributed by atoms with Crippen LogP contribution in [0.3, 0.4) is 0 Å². The molecule has 0 aromatic rings. The second-order valence-electron chi connectivity index (χ2n) is 4.25. The zero-order valence-corrected chi connectivity index (χ0v) is 11.5. The summed E-state index contributed by atoms with van der Waals surface area (Å²) in [5.74, 6) is 6.29. The Kier molecular flexibility index (Phi) is 7.71. The number of rotatable bonds is 6. The Hall–Kier alpha value is -0.850. The Bertz CT molecular complexity index is 248. The molecule has 1 unspecified atom stereocenters. The van der Waals surface area contributed by atoms with Crippen molar-refractivity contribution < 1.29 is 9.47 Å². The average Bonchev–Trinajstić information content (AvgIpc) is 2.43. The molecule has 1 rings (SSSR count). The van der Waals surface area contributed by atoms with Crippen molar-refractivity contribution >= 4 is 5.96 Å².